The van der Waals surface area contributed by atoms with E-state index in [1.54, 1.807) is 36.4 Å². The van der Waals surface area contributed by atoms with Crippen molar-refractivity contribution in [2.24, 2.45) is 0 Å². The molecule has 0 radical (unpaired) electrons. The third kappa shape index (κ3) is 3.83. The van der Waals surface area contributed by atoms with E-state index in [9.17, 15) is 14.7 Å². The number of hydrogen-bond acceptors (Lipinski definition) is 5. The van der Waals surface area contributed by atoms with E-state index in [0.29, 0.717) is 28.2 Å². The summed E-state index contributed by atoms with van der Waals surface area (Å²) in [5.74, 6) is -1.33. The van der Waals surface area contributed by atoms with Crippen LogP contribution in [0.25, 0.3) is 21.9 Å². The molecule has 7 nitrogen and oxygen atoms in total. The van der Waals surface area contributed by atoms with Crippen molar-refractivity contribution in [3.8, 4) is 5.75 Å². The summed E-state index contributed by atoms with van der Waals surface area (Å²) in [4.78, 5) is 24.5. The van der Waals surface area contributed by atoms with E-state index < -0.39 is 17.9 Å². The number of para-hydroxylation sites is 1. The van der Waals surface area contributed by atoms with Crippen LogP contribution in [0, 0.1) is 0 Å². The van der Waals surface area contributed by atoms with Crippen LogP contribution in [0.1, 0.15) is 11.7 Å². The van der Waals surface area contributed by atoms with Crippen molar-refractivity contribution >= 4 is 39.4 Å². The first kappa shape index (κ1) is 19.5. The van der Waals surface area contributed by atoms with Crippen LogP contribution < -0.4 is 15.4 Å². The van der Waals surface area contributed by atoms with Gasteiger partial charge in [-0.3, -0.25) is 9.59 Å². The second-order valence-electron chi connectivity index (χ2n) is 6.74. The van der Waals surface area contributed by atoms with E-state index in [0.717, 1.165) is 10.8 Å². The summed E-state index contributed by atoms with van der Waals surface area (Å²) in [6.07, 6.45) is -0.913. The number of carbonyl (C=O) groups is 2. The molecule has 1 aromatic heterocycles. The smallest absolute Gasteiger partial charge is 0.313 e. The minimum Gasteiger partial charge on any atom is -0.495 e. The van der Waals surface area contributed by atoms with Gasteiger partial charge in [0.05, 0.1) is 18.9 Å². The van der Waals surface area contributed by atoms with Gasteiger partial charge in [-0.15, -0.1) is 0 Å². The van der Waals surface area contributed by atoms with Crippen LogP contribution in [0.5, 0.6) is 5.75 Å². The highest BCUT2D eigenvalue weighted by Crippen LogP contribution is 2.36. The van der Waals surface area contributed by atoms with Gasteiger partial charge in [-0.2, -0.15) is 0 Å². The van der Waals surface area contributed by atoms with Crippen LogP contribution in [-0.2, 0) is 9.59 Å². The number of aliphatic hydroxyl groups excluding tert-OH is 1. The van der Waals surface area contributed by atoms with E-state index in [1.165, 1.54) is 7.11 Å². The number of ether oxygens (including phenoxy) is 1. The first-order valence-electron chi connectivity index (χ1n) is 9.38. The quantitative estimate of drug-likeness (QED) is 0.443. The van der Waals surface area contributed by atoms with E-state index in [1.807, 2.05) is 30.3 Å². The van der Waals surface area contributed by atoms with Crippen LogP contribution >= 0.6 is 0 Å². The number of fused-ring (bicyclic) bond motifs is 3. The predicted molar refractivity (Wildman–Crippen MR) is 113 cm³/mol. The van der Waals surface area contributed by atoms with E-state index in [4.69, 9.17) is 9.15 Å². The first-order chi connectivity index (χ1) is 14.6. The lowest BCUT2D eigenvalue weighted by Gasteiger charge is -2.13. The van der Waals surface area contributed by atoms with Gasteiger partial charge in [-0.1, -0.05) is 48.5 Å². The number of hydrogen-bond donors (Lipinski definition) is 3. The molecular weight excluding hydrogens is 384 g/mol. The second-order valence-corrected chi connectivity index (χ2v) is 6.74. The zero-order chi connectivity index (χ0) is 21.1. The van der Waals surface area contributed by atoms with Gasteiger partial charge in [-0.05, 0) is 17.7 Å². The molecule has 0 aliphatic carbocycles. The minimum atomic E-state index is -0.913. The van der Waals surface area contributed by atoms with Crippen LogP contribution in [-0.4, -0.2) is 30.6 Å². The van der Waals surface area contributed by atoms with Gasteiger partial charge >= 0.3 is 11.8 Å². The van der Waals surface area contributed by atoms with Crippen LogP contribution in [0.4, 0.5) is 5.69 Å². The summed E-state index contributed by atoms with van der Waals surface area (Å²) in [5, 5.41) is 16.9. The number of furan rings is 1. The molecule has 1 heterocycles. The highest BCUT2D eigenvalue weighted by atomic mass is 16.5. The molecule has 30 heavy (non-hydrogen) atoms. The largest absolute Gasteiger partial charge is 0.495 e. The van der Waals surface area contributed by atoms with Crippen molar-refractivity contribution in [3.63, 3.8) is 0 Å². The maximum Gasteiger partial charge on any atom is 0.313 e. The molecule has 7 heteroatoms. The van der Waals surface area contributed by atoms with Crippen molar-refractivity contribution in [1.29, 1.82) is 0 Å². The molecule has 0 bridgehead atoms. The number of anilines is 1. The number of aliphatic hydroxyl groups is 1. The number of amides is 2. The third-order valence-electron chi connectivity index (χ3n) is 4.79. The summed E-state index contributed by atoms with van der Waals surface area (Å²) in [5.41, 5.74) is 2.24. The Hall–Kier alpha value is -3.84. The highest BCUT2D eigenvalue weighted by Gasteiger charge is 2.19. The highest BCUT2D eigenvalue weighted by molar-refractivity contribution is 6.39. The zero-order valence-corrected chi connectivity index (χ0v) is 16.2. The van der Waals surface area contributed by atoms with Gasteiger partial charge in [0.15, 0.2) is 0 Å². The maximum atomic E-state index is 12.3. The van der Waals surface area contributed by atoms with E-state index in [2.05, 4.69) is 10.6 Å². The number of rotatable bonds is 5. The zero-order valence-electron chi connectivity index (χ0n) is 16.2. The summed E-state index contributed by atoms with van der Waals surface area (Å²) >= 11 is 0. The molecule has 3 aromatic carbocycles. The fourth-order valence-electron chi connectivity index (χ4n) is 3.26. The van der Waals surface area contributed by atoms with Gasteiger partial charge in [0.2, 0.25) is 0 Å². The summed E-state index contributed by atoms with van der Waals surface area (Å²) in [7, 11) is 1.48. The Morgan fingerprint density at radius 2 is 1.70 bits per heavy atom. The Bertz CT molecular complexity index is 1220. The Morgan fingerprint density at radius 1 is 0.967 bits per heavy atom. The molecule has 0 aliphatic heterocycles. The molecule has 1 atom stereocenters. The molecule has 0 saturated heterocycles. The summed E-state index contributed by atoms with van der Waals surface area (Å²) < 4.78 is 11.2. The molecule has 0 unspecified atom stereocenters. The normalized spacial score (nSPS) is 11.9. The predicted octanol–water partition coefficient (Wildman–Crippen LogP) is 3.38. The van der Waals surface area contributed by atoms with E-state index >= 15 is 0 Å². The van der Waals surface area contributed by atoms with Crippen molar-refractivity contribution in [3.05, 3.63) is 72.3 Å². The Morgan fingerprint density at radius 3 is 2.47 bits per heavy atom. The summed E-state index contributed by atoms with van der Waals surface area (Å²) in [6.45, 7) is -0.0873. The van der Waals surface area contributed by atoms with Crippen molar-refractivity contribution in [2.45, 2.75) is 6.10 Å². The lowest BCUT2D eigenvalue weighted by molar-refractivity contribution is -0.136. The topological polar surface area (TPSA) is 101 Å². The number of carbonyl (C=O) groups excluding carboxylic acids is 2. The lowest BCUT2D eigenvalue weighted by Crippen LogP contribution is -2.37. The SMILES string of the molecule is COc1cc2c(cc1NC(=O)C(=O)NC[C@@H](O)c1ccccc1)oc1ccccc12. The van der Waals surface area contributed by atoms with Crippen LogP contribution in [0.2, 0.25) is 0 Å². The fraction of sp³-hybridized carbons (Fsp3) is 0.130. The first-order valence-corrected chi connectivity index (χ1v) is 9.38. The standard InChI is InChI=1S/C23H20N2O5/c1-29-21-11-16-15-9-5-6-10-19(15)30-20(16)12-17(21)25-23(28)22(27)24-13-18(26)14-7-3-2-4-8-14/h2-12,18,26H,13H2,1H3,(H,24,27)(H,25,28)/t18-/m1/s1. The third-order valence-corrected chi connectivity index (χ3v) is 4.79. The minimum absolute atomic E-state index is 0.0873. The number of nitrogens with one attached hydrogen (secondary N) is 2. The summed E-state index contributed by atoms with van der Waals surface area (Å²) in [6, 6.07) is 19.8. The molecule has 2 amide bonds. The molecule has 4 aromatic rings. The Labute approximate surface area is 172 Å². The second kappa shape index (κ2) is 8.26. The van der Waals surface area contributed by atoms with Crippen molar-refractivity contribution in [2.75, 3.05) is 19.0 Å². The fourth-order valence-corrected chi connectivity index (χ4v) is 3.26. The number of benzene rings is 3. The average Bonchev–Trinajstić information content (AvgIpc) is 3.14. The van der Waals surface area contributed by atoms with Gasteiger partial charge < -0.3 is 24.9 Å². The number of methoxy groups -OCH3 is 1. The van der Waals surface area contributed by atoms with Crippen molar-refractivity contribution in [1.82, 2.24) is 5.32 Å². The molecule has 0 spiro atoms. The van der Waals surface area contributed by atoms with Gasteiger partial charge in [0.25, 0.3) is 0 Å². The molecule has 0 aliphatic rings. The average molecular weight is 404 g/mol. The van der Waals surface area contributed by atoms with Gasteiger partial charge in [-0.25, -0.2) is 0 Å². The Kier molecular flexibility index (Phi) is 5.36. The maximum absolute atomic E-state index is 12.3. The van der Waals surface area contributed by atoms with Gasteiger partial charge in [0, 0.05) is 23.4 Å². The molecule has 0 fully saturated rings. The van der Waals surface area contributed by atoms with Crippen LogP contribution in [0.3, 0.4) is 0 Å². The molecule has 0 saturated carbocycles. The van der Waals surface area contributed by atoms with E-state index in [-0.39, 0.29) is 6.54 Å². The van der Waals surface area contributed by atoms with Gasteiger partial charge in [0.1, 0.15) is 16.9 Å². The molecule has 152 valence electrons. The van der Waals surface area contributed by atoms with Crippen molar-refractivity contribution < 1.29 is 23.8 Å². The Balaban J connectivity index is 1.49. The lowest BCUT2D eigenvalue weighted by atomic mass is 10.1. The molecule has 4 rings (SSSR count). The molecular formula is C23H20N2O5. The van der Waals surface area contributed by atoms with Crippen LogP contribution in [0.15, 0.2) is 71.1 Å². The molecule has 3 N–H and O–H groups in total. The monoisotopic (exact) mass is 404 g/mol.